The summed E-state index contributed by atoms with van der Waals surface area (Å²) in [6, 6.07) is 0. The molecule has 0 spiro atoms. The molecule has 0 aromatic carbocycles. The van der Waals surface area contributed by atoms with Gasteiger partial charge in [-0.05, 0) is 23.9 Å². The molecule has 0 fully saturated rings. The maximum atomic E-state index is 2.90. The zero-order chi connectivity index (χ0) is 7.28. The van der Waals surface area contributed by atoms with Gasteiger partial charge in [-0.2, -0.15) is 0 Å². The Morgan fingerprint density at radius 2 is 1.78 bits per heavy atom. The zero-order valence-electron chi connectivity index (χ0n) is 6.01. The number of hydrogen-bond acceptors (Lipinski definition) is 0. The Kier molecular flexibility index (Phi) is 6.89. The molecule has 0 radical (unpaired) electrons. The standard InChI is InChI=1S/C6H17P3/c1-2-3-5(8)6(9)4-7/h5-6H,2-4,7-9H2,1H3. The molecule has 0 bridgehead atoms. The zero-order valence-corrected chi connectivity index (χ0v) is 9.47. The molecule has 0 saturated carbocycles. The molecule has 5 unspecified atom stereocenters. The molecular formula is C6H17P3. The molecule has 0 aliphatic heterocycles. The van der Waals surface area contributed by atoms with E-state index in [2.05, 4.69) is 34.6 Å². The van der Waals surface area contributed by atoms with Gasteiger partial charge >= 0.3 is 0 Å². The van der Waals surface area contributed by atoms with Crippen LogP contribution in [0, 0.1) is 0 Å². The lowest BCUT2D eigenvalue weighted by Crippen LogP contribution is -2.14. The molecule has 0 nitrogen and oxygen atoms in total. The quantitative estimate of drug-likeness (QED) is 0.584. The van der Waals surface area contributed by atoms with Gasteiger partial charge < -0.3 is 0 Å². The smallest absolute Gasteiger partial charge is 0.0167 e. The average molecular weight is 182 g/mol. The fourth-order valence-corrected chi connectivity index (χ4v) is 2.07. The minimum atomic E-state index is 0.764. The van der Waals surface area contributed by atoms with Gasteiger partial charge in [0.1, 0.15) is 0 Å². The average Bonchev–Trinajstić information content (AvgIpc) is 1.87. The van der Waals surface area contributed by atoms with E-state index in [1.807, 2.05) is 0 Å². The third kappa shape index (κ3) is 4.66. The van der Waals surface area contributed by atoms with E-state index >= 15 is 0 Å². The van der Waals surface area contributed by atoms with Crippen LogP contribution in [0.1, 0.15) is 19.8 Å². The highest BCUT2D eigenvalue weighted by Crippen LogP contribution is 2.20. The second kappa shape index (κ2) is 6.03. The Labute approximate surface area is 65.6 Å². The normalized spacial score (nSPS) is 17.3. The van der Waals surface area contributed by atoms with Crippen molar-refractivity contribution in [3.8, 4) is 0 Å². The Hall–Kier alpha value is 1.29. The molecule has 0 N–H and O–H groups in total. The largest absolute Gasteiger partial charge is 0.137 e. The SMILES string of the molecule is CCCC(P)C(P)CP. The predicted octanol–water partition coefficient (Wildman–Crippen LogP) is 2.15. The molecule has 0 amide bonds. The van der Waals surface area contributed by atoms with Crippen LogP contribution in [0.2, 0.25) is 0 Å². The third-order valence-electron chi connectivity index (χ3n) is 1.44. The summed E-state index contributed by atoms with van der Waals surface area (Å²) in [5, 5.41) is 0. The van der Waals surface area contributed by atoms with Crippen molar-refractivity contribution >= 4 is 27.7 Å². The topological polar surface area (TPSA) is 0 Å². The van der Waals surface area contributed by atoms with Gasteiger partial charge in [0.15, 0.2) is 0 Å². The minimum Gasteiger partial charge on any atom is -0.137 e. The highest BCUT2D eigenvalue weighted by Gasteiger charge is 2.07. The predicted molar refractivity (Wildman–Crippen MR) is 56.5 cm³/mol. The fourth-order valence-electron chi connectivity index (χ4n) is 0.722. The lowest BCUT2D eigenvalue weighted by Gasteiger charge is -2.15. The first kappa shape index (κ1) is 10.3. The third-order valence-corrected chi connectivity index (χ3v) is 4.57. The summed E-state index contributed by atoms with van der Waals surface area (Å²) in [6.45, 7) is 2.23. The molecule has 0 rings (SSSR count). The highest BCUT2D eigenvalue weighted by atomic mass is 31.0. The van der Waals surface area contributed by atoms with E-state index < -0.39 is 0 Å². The summed E-state index contributed by atoms with van der Waals surface area (Å²) in [7, 11) is 8.56. The summed E-state index contributed by atoms with van der Waals surface area (Å²) in [5.41, 5.74) is 1.55. The molecule has 3 heteroatoms. The van der Waals surface area contributed by atoms with Gasteiger partial charge in [-0.25, -0.2) is 0 Å². The van der Waals surface area contributed by atoms with Crippen molar-refractivity contribution in [2.75, 3.05) is 6.16 Å². The first-order valence-corrected chi connectivity index (χ1v) is 5.58. The van der Waals surface area contributed by atoms with Crippen molar-refractivity contribution in [3.63, 3.8) is 0 Å². The van der Waals surface area contributed by atoms with Gasteiger partial charge in [-0.15, -0.1) is 27.7 Å². The van der Waals surface area contributed by atoms with Crippen LogP contribution in [0.3, 0.4) is 0 Å². The van der Waals surface area contributed by atoms with Crippen molar-refractivity contribution in [2.24, 2.45) is 0 Å². The van der Waals surface area contributed by atoms with Crippen LogP contribution < -0.4 is 0 Å². The van der Waals surface area contributed by atoms with Gasteiger partial charge in [0.05, 0.1) is 0 Å². The van der Waals surface area contributed by atoms with E-state index in [0.29, 0.717) is 0 Å². The van der Waals surface area contributed by atoms with Gasteiger partial charge in [-0.1, -0.05) is 13.3 Å². The fraction of sp³-hybridized carbons (Fsp3) is 1.00. The summed E-state index contributed by atoms with van der Waals surface area (Å²) >= 11 is 0. The summed E-state index contributed by atoms with van der Waals surface area (Å²) in [5.74, 6) is 0. The molecular weight excluding hydrogens is 165 g/mol. The Morgan fingerprint density at radius 1 is 1.22 bits per heavy atom. The van der Waals surface area contributed by atoms with Crippen LogP contribution >= 0.6 is 27.7 Å². The molecule has 0 aliphatic carbocycles. The van der Waals surface area contributed by atoms with Crippen molar-refractivity contribution in [3.05, 3.63) is 0 Å². The van der Waals surface area contributed by atoms with E-state index in [0.717, 1.165) is 11.3 Å². The van der Waals surface area contributed by atoms with Crippen molar-refractivity contribution in [1.29, 1.82) is 0 Å². The second-order valence-electron chi connectivity index (χ2n) is 2.35. The summed E-state index contributed by atoms with van der Waals surface area (Å²) < 4.78 is 0. The van der Waals surface area contributed by atoms with Gasteiger partial charge in [-0.3, -0.25) is 0 Å². The summed E-state index contributed by atoms with van der Waals surface area (Å²) in [6.07, 6.45) is 3.82. The first-order chi connectivity index (χ1) is 4.22. The van der Waals surface area contributed by atoms with E-state index in [9.17, 15) is 0 Å². The molecule has 0 heterocycles. The van der Waals surface area contributed by atoms with Gasteiger partial charge in [0.2, 0.25) is 0 Å². The Morgan fingerprint density at radius 3 is 2.11 bits per heavy atom. The minimum absolute atomic E-state index is 0.764. The first-order valence-electron chi connectivity index (χ1n) is 3.43. The summed E-state index contributed by atoms with van der Waals surface area (Å²) in [4.78, 5) is 0. The lowest BCUT2D eigenvalue weighted by atomic mass is 10.2. The van der Waals surface area contributed by atoms with Crippen LogP contribution in [-0.4, -0.2) is 17.5 Å². The molecule has 0 aromatic heterocycles. The van der Waals surface area contributed by atoms with E-state index in [4.69, 9.17) is 0 Å². The maximum Gasteiger partial charge on any atom is -0.0167 e. The maximum absolute atomic E-state index is 2.90. The second-order valence-corrected chi connectivity index (χ2v) is 4.54. The van der Waals surface area contributed by atoms with Crippen LogP contribution in [-0.2, 0) is 0 Å². The van der Waals surface area contributed by atoms with Crippen LogP contribution in [0.4, 0.5) is 0 Å². The molecule has 5 atom stereocenters. The molecule has 0 saturated heterocycles. The molecule has 56 valence electrons. The van der Waals surface area contributed by atoms with Gasteiger partial charge in [0.25, 0.3) is 0 Å². The van der Waals surface area contributed by atoms with Crippen LogP contribution in [0.5, 0.6) is 0 Å². The molecule has 0 aliphatic rings. The van der Waals surface area contributed by atoms with Gasteiger partial charge in [0, 0.05) is 0 Å². The number of hydrogen-bond donors (Lipinski definition) is 0. The van der Waals surface area contributed by atoms with E-state index in [-0.39, 0.29) is 0 Å². The lowest BCUT2D eigenvalue weighted by molar-refractivity contribution is 0.735. The highest BCUT2D eigenvalue weighted by molar-refractivity contribution is 7.25. The number of rotatable bonds is 4. The van der Waals surface area contributed by atoms with Crippen molar-refractivity contribution in [2.45, 2.75) is 31.1 Å². The Bertz CT molecular complexity index is 65.3. The van der Waals surface area contributed by atoms with Crippen molar-refractivity contribution in [1.82, 2.24) is 0 Å². The monoisotopic (exact) mass is 182 g/mol. The van der Waals surface area contributed by atoms with Crippen LogP contribution in [0.25, 0.3) is 0 Å². The molecule has 0 aromatic rings. The van der Waals surface area contributed by atoms with Crippen LogP contribution in [0.15, 0.2) is 0 Å². The molecule has 9 heavy (non-hydrogen) atoms. The van der Waals surface area contributed by atoms with Crippen molar-refractivity contribution < 1.29 is 0 Å². The van der Waals surface area contributed by atoms with E-state index in [1.165, 1.54) is 19.0 Å². The Balaban J connectivity index is 3.32. The van der Waals surface area contributed by atoms with E-state index in [1.54, 1.807) is 0 Å².